The fraction of sp³-hybridized carbons (Fsp3) is 0.286. The predicted molar refractivity (Wildman–Crippen MR) is 83.5 cm³/mol. The second-order valence-corrected chi connectivity index (χ2v) is 6.73. The quantitative estimate of drug-likeness (QED) is 0.409. The fourth-order valence-corrected chi connectivity index (χ4v) is 3.58. The molecule has 0 radical (unpaired) electrons. The first-order valence-corrected chi connectivity index (χ1v) is 8.96. The zero-order valence-corrected chi connectivity index (χ0v) is 13.3. The molecule has 0 unspecified atom stereocenters. The van der Waals surface area contributed by atoms with Gasteiger partial charge in [0, 0.05) is 30.5 Å². The van der Waals surface area contributed by atoms with Crippen molar-refractivity contribution in [3.8, 4) is 0 Å². The molecule has 1 aliphatic heterocycles. The Morgan fingerprint density at radius 1 is 1.18 bits per heavy atom. The number of imide groups is 1. The van der Waals surface area contributed by atoms with E-state index in [-0.39, 0.29) is 6.42 Å². The van der Waals surface area contributed by atoms with Crippen molar-refractivity contribution in [1.29, 1.82) is 0 Å². The summed E-state index contributed by atoms with van der Waals surface area (Å²) in [4.78, 5) is 42.8. The van der Waals surface area contributed by atoms with Crippen molar-refractivity contribution in [3.63, 3.8) is 0 Å². The van der Waals surface area contributed by atoms with Gasteiger partial charge < -0.3 is 4.84 Å². The van der Waals surface area contributed by atoms with Crippen LogP contribution < -0.4 is 0 Å². The molecule has 2 heterocycles. The van der Waals surface area contributed by atoms with E-state index in [1.54, 1.807) is 27.8 Å². The van der Waals surface area contributed by atoms with Gasteiger partial charge in [0.15, 0.2) is 0 Å². The molecule has 1 aromatic rings. The van der Waals surface area contributed by atoms with Gasteiger partial charge >= 0.3 is 5.97 Å². The summed E-state index contributed by atoms with van der Waals surface area (Å²) in [5.41, 5.74) is 0. The van der Waals surface area contributed by atoms with Gasteiger partial charge in [-0.05, 0) is 35.8 Å². The van der Waals surface area contributed by atoms with E-state index < -0.39 is 17.8 Å². The molecule has 22 heavy (non-hydrogen) atoms. The first-order chi connectivity index (χ1) is 10.7. The minimum Gasteiger partial charge on any atom is -0.330 e. The number of nitrogens with zero attached hydrogens (tertiary/aromatic N) is 2. The van der Waals surface area contributed by atoms with E-state index in [2.05, 4.69) is 4.98 Å². The van der Waals surface area contributed by atoms with Crippen LogP contribution in [0.15, 0.2) is 41.6 Å². The van der Waals surface area contributed by atoms with Crippen molar-refractivity contribution in [2.24, 2.45) is 0 Å². The molecule has 2 rings (SSSR count). The minimum atomic E-state index is -0.624. The van der Waals surface area contributed by atoms with Crippen LogP contribution in [0.4, 0.5) is 0 Å². The summed E-state index contributed by atoms with van der Waals surface area (Å²) in [6.45, 7) is 0. The van der Waals surface area contributed by atoms with Gasteiger partial charge in [-0.1, -0.05) is 21.9 Å². The van der Waals surface area contributed by atoms with Crippen molar-refractivity contribution in [2.45, 2.75) is 24.3 Å². The zero-order chi connectivity index (χ0) is 15.8. The third kappa shape index (κ3) is 5.19. The van der Waals surface area contributed by atoms with Gasteiger partial charge in [0.1, 0.15) is 5.03 Å². The largest absolute Gasteiger partial charge is 0.333 e. The number of amides is 2. The second-order valence-electron chi connectivity index (χ2n) is 4.30. The summed E-state index contributed by atoms with van der Waals surface area (Å²) >= 11 is 0. The number of hydroxylamine groups is 2. The molecule has 1 aliphatic rings. The SMILES string of the molecule is O=C(CCCCSSc1ccccn1)ON1C(=O)C=CC1=O. The molecule has 0 bridgehead atoms. The van der Waals surface area contributed by atoms with Crippen LogP contribution in [-0.2, 0) is 19.2 Å². The lowest BCUT2D eigenvalue weighted by molar-refractivity contribution is -0.196. The Morgan fingerprint density at radius 2 is 1.95 bits per heavy atom. The maximum atomic E-state index is 11.5. The summed E-state index contributed by atoms with van der Waals surface area (Å²) in [7, 11) is 3.25. The third-order valence-corrected chi connectivity index (χ3v) is 4.95. The van der Waals surface area contributed by atoms with Gasteiger partial charge in [0.05, 0.1) is 0 Å². The molecule has 0 saturated carbocycles. The second kappa shape index (κ2) is 8.60. The predicted octanol–water partition coefficient (Wildman–Crippen LogP) is 2.38. The molecule has 2 amide bonds. The topological polar surface area (TPSA) is 76.6 Å². The Balaban J connectivity index is 1.54. The number of aromatic nitrogens is 1. The Kier molecular flexibility index (Phi) is 6.47. The Hall–Kier alpha value is -1.80. The number of hydrogen-bond acceptors (Lipinski definition) is 7. The van der Waals surface area contributed by atoms with E-state index in [0.717, 1.165) is 29.4 Å². The molecule has 0 atom stereocenters. The van der Waals surface area contributed by atoms with Gasteiger partial charge in [-0.3, -0.25) is 9.59 Å². The van der Waals surface area contributed by atoms with Crippen molar-refractivity contribution in [1.82, 2.24) is 10.0 Å². The lowest BCUT2D eigenvalue weighted by Crippen LogP contribution is -2.32. The number of hydrogen-bond donors (Lipinski definition) is 0. The Labute approximate surface area is 135 Å². The number of carbonyl (C=O) groups is 3. The smallest absolute Gasteiger partial charge is 0.330 e. The molecule has 0 aliphatic carbocycles. The van der Waals surface area contributed by atoms with Crippen molar-refractivity contribution >= 4 is 39.4 Å². The highest BCUT2D eigenvalue weighted by atomic mass is 33.1. The zero-order valence-electron chi connectivity index (χ0n) is 11.6. The average Bonchev–Trinajstić information content (AvgIpc) is 2.83. The summed E-state index contributed by atoms with van der Waals surface area (Å²) in [5.74, 6) is -0.952. The van der Waals surface area contributed by atoms with E-state index in [4.69, 9.17) is 4.84 Å². The lowest BCUT2D eigenvalue weighted by atomic mass is 10.2. The van der Waals surface area contributed by atoms with Gasteiger partial charge in [0.25, 0.3) is 11.8 Å². The molecule has 1 aromatic heterocycles. The van der Waals surface area contributed by atoms with Crippen molar-refractivity contribution in [3.05, 3.63) is 36.5 Å². The highest BCUT2D eigenvalue weighted by Gasteiger charge is 2.27. The molecule has 0 N–H and O–H groups in total. The average molecular weight is 338 g/mol. The van der Waals surface area contributed by atoms with Crippen LogP contribution in [0, 0.1) is 0 Å². The lowest BCUT2D eigenvalue weighted by Gasteiger charge is -2.12. The maximum Gasteiger partial charge on any atom is 0.333 e. The fourth-order valence-electron chi connectivity index (χ4n) is 1.55. The van der Waals surface area contributed by atoms with Crippen LogP contribution in [0.3, 0.4) is 0 Å². The molecule has 0 fully saturated rings. The van der Waals surface area contributed by atoms with Gasteiger partial charge in [0.2, 0.25) is 0 Å². The normalized spacial score (nSPS) is 13.7. The molecule has 6 nitrogen and oxygen atoms in total. The monoisotopic (exact) mass is 338 g/mol. The highest BCUT2D eigenvalue weighted by molar-refractivity contribution is 8.76. The summed E-state index contributed by atoms with van der Waals surface area (Å²) < 4.78 is 0. The van der Waals surface area contributed by atoms with Crippen molar-refractivity contribution < 1.29 is 19.2 Å². The molecular weight excluding hydrogens is 324 g/mol. The van der Waals surface area contributed by atoms with Crippen LogP contribution in [0.2, 0.25) is 0 Å². The van der Waals surface area contributed by atoms with E-state index in [9.17, 15) is 14.4 Å². The summed E-state index contributed by atoms with van der Waals surface area (Å²) in [6.07, 6.45) is 5.53. The highest BCUT2D eigenvalue weighted by Crippen LogP contribution is 2.29. The van der Waals surface area contributed by atoms with Crippen LogP contribution in [0.5, 0.6) is 0 Å². The molecule has 0 aromatic carbocycles. The van der Waals surface area contributed by atoms with Crippen molar-refractivity contribution in [2.75, 3.05) is 5.75 Å². The maximum absolute atomic E-state index is 11.5. The number of pyridine rings is 1. The van der Waals surface area contributed by atoms with Gasteiger partial charge in [-0.2, -0.15) is 0 Å². The number of carbonyl (C=O) groups excluding carboxylic acids is 3. The summed E-state index contributed by atoms with van der Waals surface area (Å²) in [6, 6.07) is 5.74. The van der Waals surface area contributed by atoms with E-state index >= 15 is 0 Å². The summed E-state index contributed by atoms with van der Waals surface area (Å²) in [5, 5.41) is 1.43. The van der Waals surface area contributed by atoms with Crippen LogP contribution >= 0.6 is 21.6 Å². The molecule has 0 spiro atoms. The minimum absolute atomic E-state index is 0.172. The van der Waals surface area contributed by atoms with Gasteiger partial charge in [-0.25, -0.2) is 9.78 Å². The molecule has 116 valence electrons. The van der Waals surface area contributed by atoms with Crippen LogP contribution in [0.1, 0.15) is 19.3 Å². The Morgan fingerprint density at radius 3 is 2.64 bits per heavy atom. The first kappa shape index (κ1) is 16.6. The van der Waals surface area contributed by atoms with Crippen LogP contribution in [-0.4, -0.2) is 33.6 Å². The van der Waals surface area contributed by atoms with E-state index in [1.165, 1.54) is 0 Å². The molecule has 8 heteroatoms. The first-order valence-electron chi connectivity index (χ1n) is 6.64. The molecule has 0 saturated heterocycles. The van der Waals surface area contributed by atoms with Gasteiger partial charge in [-0.15, -0.1) is 0 Å². The standard InChI is InChI=1S/C14H14N2O4S2/c17-12-7-8-13(18)16(12)20-14(19)6-2-4-10-21-22-11-5-1-3-9-15-11/h1,3,5,7-9H,2,4,6,10H2. The van der Waals surface area contributed by atoms with Crippen LogP contribution in [0.25, 0.3) is 0 Å². The van der Waals surface area contributed by atoms with E-state index in [1.807, 2.05) is 18.2 Å². The Bertz CT molecular complexity index is 559. The van der Waals surface area contributed by atoms with E-state index in [0.29, 0.717) is 11.5 Å². The number of rotatable bonds is 8. The number of unbranched alkanes of at least 4 members (excludes halogenated alkanes) is 1. The third-order valence-electron chi connectivity index (χ3n) is 2.60. The molecular formula is C14H14N2O4S2.